The van der Waals surface area contributed by atoms with E-state index in [9.17, 15) is 0 Å². The number of hydrogen-bond donors (Lipinski definition) is 1. The van der Waals surface area contributed by atoms with Gasteiger partial charge in [-0.1, -0.05) is 42.0 Å². The predicted molar refractivity (Wildman–Crippen MR) is 62.6 cm³/mol. The van der Waals surface area contributed by atoms with Gasteiger partial charge in [-0.3, -0.25) is 0 Å². The zero-order chi connectivity index (χ0) is 10.4. The lowest BCUT2D eigenvalue weighted by atomic mass is 10.0. The molecule has 0 radical (unpaired) electrons. The van der Waals surface area contributed by atoms with Crippen LogP contribution < -0.4 is 0 Å². The van der Waals surface area contributed by atoms with E-state index >= 15 is 0 Å². The molecule has 1 rings (SSSR count). The van der Waals surface area contributed by atoms with E-state index in [-0.39, 0.29) is 0 Å². The second-order valence-electron chi connectivity index (χ2n) is 3.38. The fourth-order valence-electron chi connectivity index (χ4n) is 1.26. The molecule has 0 saturated carbocycles. The Morgan fingerprint density at radius 2 is 1.79 bits per heavy atom. The van der Waals surface area contributed by atoms with Crippen LogP contribution in [-0.4, -0.2) is 6.21 Å². The third kappa shape index (κ3) is 3.02. The first-order valence-electron chi connectivity index (χ1n) is 4.65. The molecule has 0 aliphatic rings. The lowest BCUT2D eigenvalue weighted by Gasteiger charge is -2.01. The largest absolute Gasteiger partial charge is 0.309 e. The van der Waals surface area contributed by atoms with Crippen LogP contribution in [0.4, 0.5) is 0 Å². The molecule has 0 aromatic heterocycles. The number of benzene rings is 1. The SMILES string of the molecule is CC(C)=C/C(=C\C=N)c1ccccc1. The molecule has 1 aromatic carbocycles. The summed E-state index contributed by atoms with van der Waals surface area (Å²) in [7, 11) is 0. The normalized spacial score (nSPS) is 10.9. The van der Waals surface area contributed by atoms with Gasteiger partial charge >= 0.3 is 0 Å². The Kier molecular flexibility index (Phi) is 3.86. The van der Waals surface area contributed by atoms with Gasteiger partial charge in [-0.25, -0.2) is 0 Å². The van der Waals surface area contributed by atoms with Crippen LogP contribution in [0.25, 0.3) is 5.57 Å². The Bertz CT molecular complexity index is 354. The summed E-state index contributed by atoms with van der Waals surface area (Å²) >= 11 is 0. The smallest absolute Gasteiger partial charge is 0.0183 e. The van der Waals surface area contributed by atoms with Gasteiger partial charge in [-0.2, -0.15) is 0 Å². The third-order valence-electron chi connectivity index (χ3n) is 1.81. The molecule has 1 heteroatoms. The van der Waals surface area contributed by atoms with E-state index in [4.69, 9.17) is 5.41 Å². The molecule has 1 N–H and O–H groups in total. The predicted octanol–water partition coefficient (Wildman–Crippen LogP) is 3.69. The maximum absolute atomic E-state index is 7.10. The van der Waals surface area contributed by atoms with Gasteiger partial charge in [0, 0.05) is 6.21 Å². The first-order chi connectivity index (χ1) is 6.74. The zero-order valence-electron chi connectivity index (χ0n) is 8.62. The topological polar surface area (TPSA) is 23.9 Å². The van der Waals surface area contributed by atoms with Crippen LogP contribution in [0.2, 0.25) is 0 Å². The summed E-state index contributed by atoms with van der Waals surface area (Å²) in [4.78, 5) is 0. The van der Waals surface area contributed by atoms with Gasteiger partial charge in [0.2, 0.25) is 0 Å². The molecule has 0 atom stereocenters. The number of hydrogen-bond acceptors (Lipinski definition) is 1. The molecule has 0 heterocycles. The quantitative estimate of drug-likeness (QED) is 0.548. The highest BCUT2D eigenvalue weighted by Crippen LogP contribution is 2.16. The van der Waals surface area contributed by atoms with Crippen LogP contribution in [0.1, 0.15) is 19.4 Å². The third-order valence-corrected chi connectivity index (χ3v) is 1.81. The van der Waals surface area contributed by atoms with Gasteiger partial charge in [0.15, 0.2) is 0 Å². The molecule has 72 valence electrons. The lowest BCUT2D eigenvalue weighted by molar-refractivity contribution is 1.39. The number of nitrogens with one attached hydrogen (secondary N) is 1. The van der Waals surface area contributed by atoms with Crippen molar-refractivity contribution in [3.8, 4) is 0 Å². The molecule has 1 nitrogen and oxygen atoms in total. The molecular weight excluding hydrogens is 170 g/mol. The van der Waals surface area contributed by atoms with Crippen molar-refractivity contribution in [3.63, 3.8) is 0 Å². The van der Waals surface area contributed by atoms with Gasteiger partial charge < -0.3 is 5.41 Å². The molecular formula is C13H15N. The van der Waals surface area contributed by atoms with Crippen LogP contribution in [-0.2, 0) is 0 Å². The number of allylic oxidation sites excluding steroid dienone is 4. The molecule has 14 heavy (non-hydrogen) atoms. The minimum absolute atomic E-state index is 1.08. The Morgan fingerprint density at radius 3 is 2.29 bits per heavy atom. The summed E-state index contributed by atoms with van der Waals surface area (Å²) in [5.41, 5.74) is 3.47. The highest BCUT2D eigenvalue weighted by atomic mass is 14.3. The van der Waals surface area contributed by atoms with Crippen molar-refractivity contribution >= 4 is 11.8 Å². The highest BCUT2D eigenvalue weighted by molar-refractivity contribution is 5.87. The van der Waals surface area contributed by atoms with E-state index < -0.39 is 0 Å². The molecule has 0 aliphatic carbocycles. The summed E-state index contributed by atoms with van der Waals surface area (Å²) in [5, 5.41) is 7.10. The zero-order valence-corrected chi connectivity index (χ0v) is 8.62. The second kappa shape index (κ2) is 5.18. The maximum Gasteiger partial charge on any atom is 0.0183 e. The van der Waals surface area contributed by atoms with Crippen molar-refractivity contribution in [2.24, 2.45) is 0 Å². The van der Waals surface area contributed by atoms with Gasteiger partial charge in [0.25, 0.3) is 0 Å². The molecule has 0 spiro atoms. The minimum atomic E-state index is 1.08. The van der Waals surface area contributed by atoms with Crippen molar-refractivity contribution in [1.29, 1.82) is 5.41 Å². The lowest BCUT2D eigenvalue weighted by Crippen LogP contribution is -1.81. The molecule has 0 amide bonds. The first-order valence-corrected chi connectivity index (χ1v) is 4.65. The molecule has 0 bridgehead atoms. The van der Waals surface area contributed by atoms with E-state index in [1.165, 1.54) is 11.8 Å². The maximum atomic E-state index is 7.10. The molecule has 1 aromatic rings. The summed E-state index contributed by atoms with van der Waals surface area (Å²) in [6.45, 7) is 4.11. The summed E-state index contributed by atoms with van der Waals surface area (Å²) in [5.74, 6) is 0. The van der Waals surface area contributed by atoms with Crippen LogP contribution in [0.15, 0.2) is 48.1 Å². The van der Waals surface area contributed by atoms with Gasteiger partial charge in [-0.05, 0) is 31.1 Å². The van der Waals surface area contributed by atoms with Gasteiger partial charge in [0.1, 0.15) is 0 Å². The van der Waals surface area contributed by atoms with Crippen LogP contribution >= 0.6 is 0 Å². The fourth-order valence-corrected chi connectivity index (χ4v) is 1.26. The Balaban J connectivity index is 3.08. The summed E-state index contributed by atoms with van der Waals surface area (Å²) < 4.78 is 0. The molecule has 0 aliphatic heterocycles. The summed E-state index contributed by atoms with van der Waals surface area (Å²) in [6, 6.07) is 10.1. The highest BCUT2D eigenvalue weighted by Gasteiger charge is 1.95. The first kappa shape index (κ1) is 10.5. The minimum Gasteiger partial charge on any atom is -0.309 e. The molecule has 0 unspecified atom stereocenters. The van der Waals surface area contributed by atoms with Crippen molar-refractivity contribution < 1.29 is 0 Å². The Labute approximate surface area is 85.3 Å². The van der Waals surface area contributed by atoms with E-state index in [2.05, 4.69) is 32.1 Å². The monoisotopic (exact) mass is 185 g/mol. The molecule has 0 saturated heterocycles. The van der Waals surface area contributed by atoms with Crippen LogP contribution in [0.5, 0.6) is 0 Å². The average molecular weight is 185 g/mol. The second-order valence-corrected chi connectivity index (χ2v) is 3.38. The van der Waals surface area contributed by atoms with Crippen molar-refractivity contribution in [2.75, 3.05) is 0 Å². The van der Waals surface area contributed by atoms with E-state index in [1.807, 2.05) is 24.3 Å². The van der Waals surface area contributed by atoms with Crippen LogP contribution in [0, 0.1) is 5.41 Å². The van der Waals surface area contributed by atoms with Gasteiger partial charge in [-0.15, -0.1) is 0 Å². The van der Waals surface area contributed by atoms with E-state index in [0.29, 0.717) is 0 Å². The molecule has 0 fully saturated rings. The fraction of sp³-hybridized carbons (Fsp3) is 0.154. The van der Waals surface area contributed by atoms with Gasteiger partial charge in [0.05, 0.1) is 0 Å². The van der Waals surface area contributed by atoms with Crippen molar-refractivity contribution in [1.82, 2.24) is 0 Å². The van der Waals surface area contributed by atoms with Crippen molar-refractivity contribution in [2.45, 2.75) is 13.8 Å². The Hall–Kier alpha value is -1.63. The summed E-state index contributed by atoms with van der Waals surface area (Å²) in [6.07, 6.45) is 5.21. The van der Waals surface area contributed by atoms with Crippen molar-refractivity contribution in [3.05, 3.63) is 53.6 Å². The number of rotatable bonds is 3. The van der Waals surface area contributed by atoms with E-state index in [1.54, 1.807) is 0 Å². The van der Waals surface area contributed by atoms with Crippen LogP contribution in [0.3, 0.4) is 0 Å². The average Bonchev–Trinajstić information content (AvgIpc) is 2.18. The Morgan fingerprint density at radius 1 is 1.14 bits per heavy atom. The standard InChI is InChI=1S/C13H15N/c1-11(2)10-13(8-9-14)12-6-4-3-5-7-12/h3-10,14H,1-2H3/b13-8+,14-9?. The van der Waals surface area contributed by atoms with E-state index in [0.717, 1.165) is 11.1 Å².